The van der Waals surface area contributed by atoms with Crippen LogP contribution in [0.3, 0.4) is 0 Å². The number of aromatic nitrogens is 2. The van der Waals surface area contributed by atoms with E-state index in [1.807, 2.05) is 0 Å². The largest absolute Gasteiger partial charge is 0.319 e. The van der Waals surface area contributed by atoms with Crippen molar-refractivity contribution in [2.24, 2.45) is 0 Å². The Labute approximate surface area is 73.6 Å². The van der Waals surface area contributed by atoms with Gasteiger partial charge < -0.3 is 4.40 Å². The van der Waals surface area contributed by atoms with Crippen molar-refractivity contribution in [3.05, 3.63) is 35.4 Å². The topological polar surface area (TPSA) is 34.4 Å². The summed E-state index contributed by atoms with van der Waals surface area (Å²) in [5, 5.41) is 0.408. The predicted octanol–water partition coefficient (Wildman–Crippen LogP) is 1.80. The van der Waals surface area contributed by atoms with Crippen molar-refractivity contribution < 1.29 is 4.79 Å². The molecule has 0 unspecified atom stereocenters. The molecular formula is C8H5ClN2O. The zero-order chi connectivity index (χ0) is 8.55. The van der Waals surface area contributed by atoms with Gasteiger partial charge >= 0.3 is 0 Å². The molecule has 0 N–H and O–H groups in total. The van der Waals surface area contributed by atoms with E-state index in [1.165, 1.54) is 0 Å². The first kappa shape index (κ1) is 7.31. The van der Waals surface area contributed by atoms with Crippen molar-refractivity contribution in [1.82, 2.24) is 9.38 Å². The summed E-state index contributed by atoms with van der Waals surface area (Å²) in [4.78, 5) is 14.3. The number of nitrogens with zero attached hydrogens (tertiary/aromatic N) is 2. The van der Waals surface area contributed by atoms with Gasteiger partial charge in [0.25, 0.3) is 0 Å². The normalized spacial score (nSPS) is 10.4. The van der Waals surface area contributed by atoms with E-state index in [1.54, 1.807) is 29.1 Å². The van der Waals surface area contributed by atoms with Gasteiger partial charge in [0, 0.05) is 24.2 Å². The van der Waals surface area contributed by atoms with Crippen LogP contribution in [-0.2, 0) is 0 Å². The highest BCUT2D eigenvalue weighted by atomic mass is 35.5. The third kappa shape index (κ3) is 0.987. The molecule has 60 valence electrons. The molecule has 3 nitrogen and oxygen atoms in total. The van der Waals surface area contributed by atoms with E-state index in [2.05, 4.69) is 4.98 Å². The summed E-state index contributed by atoms with van der Waals surface area (Å²) in [5.74, 6) is 0. The molecule has 0 spiro atoms. The molecule has 12 heavy (non-hydrogen) atoms. The van der Waals surface area contributed by atoms with Gasteiger partial charge in [0.05, 0.1) is 5.52 Å². The Hall–Kier alpha value is -1.35. The number of aldehydes is 1. The lowest BCUT2D eigenvalue weighted by Crippen LogP contribution is -1.83. The van der Waals surface area contributed by atoms with E-state index >= 15 is 0 Å². The standard InChI is InChI=1S/C8H5ClN2O/c9-8-7-3-6(5-12)4-11(7)2-1-10-8/h1-5H. The second kappa shape index (κ2) is 2.60. The minimum Gasteiger partial charge on any atom is -0.319 e. The third-order valence-electron chi connectivity index (χ3n) is 1.63. The Morgan fingerprint density at radius 2 is 2.42 bits per heavy atom. The number of halogens is 1. The first-order chi connectivity index (χ1) is 5.81. The van der Waals surface area contributed by atoms with Gasteiger partial charge in [0.1, 0.15) is 0 Å². The smallest absolute Gasteiger partial charge is 0.153 e. The van der Waals surface area contributed by atoms with Crippen LogP contribution in [0.25, 0.3) is 5.52 Å². The molecule has 4 heteroatoms. The highest BCUT2D eigenvalue weighted by Crippen LogP contribution is 2.15. The molecule has 2 rings (SSSR count). The number of fused-ring (bicyclic) bond motifs is 1. The van der Waals surface area contributed by atoms with Crippen LogP contribution in [0.1, 0.15) is 10.4 Å². The molecule has 0 aliphatic rings. The zero-order valence-electron chi connectivity index (χ0n) is 6.07. The molecule has 0 atom stereocenters. The molecule has 2 heterocycles. The number of hydrogen-bond donors (Lipinski definition) is 0. The fourth-order valence-electron chi connectivity index (χ4n) is 1.09. The second-order valence-electron chi connectivity index (χ2n) is 2.40. The fourth-order valence-corrected chi connectivity index (χ4v) is 1.30. The van der Waals surface area contributed by atoms with Gasteiger partial charge in [0.2, 0.25) is 0 Å². The van der Waals surface area contributed by atoms with Gasteiger partial charge in [-0.3, -0.25) is 4.79 Å². The molecule has 2 aromatic heterocycles. The minimum absolute atomic E-state index is 0.408. The highest BCUT2D eigenvalue weighted by molar-refractivity contribution is 6.32. The monoisotopic (exact) mass is 180 g/mol. The van der Waals surface area contributed by atoms with Gasteiger partial charge in [-0.2, -0.15) is 0 Å². The van der Waals surface area contributed by atoms with E-state index in [0.29, 0.717) is 10.7 Å². The summed E-state index contributed by atoms with van der Waals surface area (Å²) >= 11 is 5.78. The van der Waals surface area contributed by atoms with Gasteiger partial charge in [-0.1, -0.05) is 11.6 Å². The predicted molar refractivity (Wildman–Crippen MR) is 45.6 cm³/mol. The van der Waals surface area contributed by atoms with Crippen LogP contribution >= 0.6 is 11.6 Å². The maximum atomic E-state index is 10.4. The van der Waals surface area contributed by atoms with Crippen molar-refractivity contribution in [3.8, 4) is 0 Å². The maximum absolute atomic E-state index is 10.4. The summed E-state index contributed by atoms with van der Waals surface area (Å²) in [6.45, 7) is 0. The van der Waals surface area contributed by atoms with Crippen LogP contribution in [0, 0.1) is 0 Å². The lowest BCUT2D eigenvalue weighted by Gasteiger charge is -1.92. The van der Waals surface area contributed by atoms with Crippen molar-refractivity contribution in [1.29, 1.82) is 0 Å². The number of carbonyl (C=O) groups excluding carboxylic acids is 1. The Bertz CT molecular complexity index is 436. The molecule has 0 fully saturated rings. The summed E-state index contributed by atoms with van der Waals surface area (Å²) in [6, 6.07) is 1.70. The number of carbonyl (C=O) groups is 1. The summed E-state index contributed by atoms with van der Waals surface area (Å²) < 4.78 is 1.76. The summed E-state index contributed by atoms with van der Waals surface area (Å²) in [7, 11) is 0. The average molecular weight is 181 g/mol. The molecule has 0 aromatic carbocycles. The van der Waals surface area contributed by atoms with Crippen molar-refractivity contribution >= 4 is 23.4 Å². The second-order valence-corrected chi connectivity index (χ2v) is 2.76. The molecule has 0 aliphatic carbocycles. The molecule has 0 saturated carbocycles. The van der Waals surface area contributed by atoms with Crippen LogP contribution in [-0.4, -0.2) is 15.7 Å². The van der Waals surface area contributed by atoms with Crippen LogP contribution in [0.2, 0.25) is 5.15 Å². The number of rotatable bonds is 1. The fraction of sp³-hybridized carbons (Fsp3) is 0. The molecule has 0 bridgehead atoms. The van der Waals surface area contributed by atoms with Crippen LogP contribution in [0.15, 0.2) is 24.7 Å². The maximum Gasteiger partial charge on any atom is 0.153 e. The highest BCUT2D eigenvalue weighted by Gasteiger charge is 2.01. The first-order valence-corrected chi connectivity index (χ1v) is 3.76. The van der Waals surface area contributed by atoms with E-state index < -0.39 is 0 Å². The van der Waals surface area contributed by atoms with Crippen LogP contribution < -0.4 is 0 Å². The lowest BCUT2D eigenvalue weighted by molar-refractivity contribution is 0.112. The Morgan fingerprint density at radius 3 is 3.08 bits per heavy atom. The van der Waals surface area contributed by atoms with E-state index in [0.717, 1.165) is 11.8 Å². The minimum atomic E-state index is 0.408. The molecular weight excluding hydrogens is 176 g/mol. The van der Waals surface area contributed by atoms with Crippen molar-refractivity contribution in [3.63, 3.8) is 0 Å². The summed E-state index contributed by atoms with van der Waals surface area (Å²) in [5.41, 5.74) is 1.35. The van der Waals surface area contributed by atoms with Gasteiger partial charge in [0.15, 0.2) is 11.4 Å². The SMILES string of the molecule is O=Cc1cc2c(Cl)nccn2c1. The quantitative estimate of drug-likeness (QED) is 0.628. The zero-order valence-corrected chi connectivity index (χ0v) is 6.82. The van der Waals surface area contributed by atoms with Crippen LogP contribution in [0.4, 0.5) is 0 Å². The summed E-state index contributed by atoms with van der Waals surface area (Å²) in [6.07, 6.45) is 5.82. The molecule has 0 radical (unpaired) electrons. The lowest BCUT2D eigenvalue weighted by atomic mass is 10.4. The molecule has 0 amide bonds. The van der Waals surface area contributed by atoms with Gasteiger partial charge in [-0.25, -0.2) is 4.98 Å². The molecule has 0 saturated heterocycles. The van der Waals surface area contributed by atoms with E-state index in [9.17, 15) is 4.79 Å². The third-order valence-corrected chi connectivity index (χ3v) is 1.92. The van der Waals surface area contributed by atoms with Crippen molar-refractivity contribution in [2.45, 2.75) is 0 Å². The number of hydrogen-bond acceptors (Lipinski definition) is 2. The van der Waals surface area contributed by atoms with E-state index in [-0.39, 0.29) is 0 Å². The Morgan fingerprint density at radius 1 is 1.58 bits per heavy atom. The van der Waals surface area contributed by atoms with E-state index in [4.69, 9.17) is 11.6 Å². The van der Waals surface area contributed by atoms with Gasteiger partial charge in [-0.05, 0) is 6.07 Å². The molecule has 0 aliphatic heterocycles. The average Bonchev–Trinajstić information content (AvgIpc) is 2.49. The first-order valence-electron chi connectivity index (χ1n) is 3.38. The van der Waals surface area contributed by atoms with Crippen LogP contribution in [0.5, 0.6) is 0 Å². The Balaban J connectivity index is 2.82. The van der Waals surface area contributed by atoms with Crippen molar-refractivity contribution in [2.75, 3.05) is 0 Å². The Kier molecular flexibility index (Phi) is 1.59. The van der Waals surface area contributed by atoms with Gasteiger partial charge in [-0.15, -0.1) is 0 Å². The molecule has 2 aromatic rings.